The van der Waals surface area contributed by atoms with Gasteiger partial charge in [0, 0.05) is 24.3 Å². The predicted octanol–water partition coefficient (Wildman–Crippen LogP) is 2.24. The van der Waals surface area contributed by atoms with Crippen LogP contribution < -0.4 is 11.1 Å². The molecule has 19 heavy (non-hydrogen) atoms. The number of pyridine rings is 1. The van der Waals surface area contributed by atoms with E-state index in [2.05, 4.69) is 17.2 Å². The van der Waals surface area contributed by atoms with Crippen molar-refractivity contribution in [2.45, 2.75) is 51.6 Å². The molecular weight excluding hydrogens is 238 g/mol. The maximum atomic E-state index is 12.2. The van der Waals surface area contributed by atoms with Gasteiger partial charge in [-0.2, -0.15) is 0 Å². The number of amides is 1. The Morgan fingerprint density at radius 1 is 1.53 bits per heavy atom. The van der Waals surface area contributed by atoms with Crippen LogP contribution in [0, 0.1) is 5.92 Å². The number of nitrogens with one attached hydrogen (secondary N) is 1. The Balaban J connectivity index is 1.96. The number of nitrogens with two attached hydrogens (primary N) is 1. The molecule has 1 saturated carbocycles. The van der Waals surface area contributed by atoms with Gasteiger partial charge >= 0.3 is 0 Å². The zero-order chi connectivity index (χ0) is 13.7. The van der Waals surface area contributed by atoms with Crippen LogP contribution >= 0.6 is 0 Å². The molecule has 1 aromatic heterocycles. The van der Waals surface area contributed by atoms with E-state index in [0.29, 0.717) is 18.2 Å². The molecule has 2 unspecified atom stereocenters. The van der Waals surface area contributed by atoms with Gasteiger partial charge in [-0.05, 0) is 30.9 Å². The van der Waals surface area contributed by atoms with Crippen LogP contribution in [0.3, 0.4) is 0 Å². The van der Waals surface area contributed by atoms with Crippen LogP contribution in [0.15, 0.2) is 18.3 Å². The van der Waals surface area contributed by atoms with E-state index in [1.54, 1.807) is 18.3 Å². The second-order valence-electron chi connectivity index (χ2n) is 5.35. The first-order chi connectivity index (χ1) is 9.22. The molecule has 1 amide bonds. The van der Waals surface area contributed by atoms with Crippen molar-refractivity contribution in [3.63, 3.8) is 0 Å². The van der Waals surface area contributed by atoms with Crippen LogP contribution in [0.25, 0.3) is 0 Å². The van der Waals surface area contributed by atoms with Gasteiger partial charge in [-0.25, -0.2) is 0 Å². The van der Waals surface area contributed by atoms with Crippen LogP contribution in [0.4, 0.5) is 0 Å². The molecule has 2 atom stereocenters. The number of hydrogen-bond acceptors (Lipinski definition) is 3. The van der Waals surface area contributed by atoms with Crippen molar-refractivity contribution in [1.82, 2.24) is 10.3 Å². The molecular formula is C15H23N3O. The van der Waals surface area contributed by atoms with E-state index in [9.17, 15) is 4.79 Å². The molecule has 2 rings (SSSR count). The summed E-state index contributed by atoms with van der Waals surface area (Å²) >= 11 is 0. The highest BCUT2D eigenvalue weighted by atomic mass is 16.1. The Hall–Kier alpha value is -1.42. The number of nitrogens with zero attached hydrogens (tertiary/aromatic N) is 1. The zero-order valence-electron chi connectivity index (χ0n) is 11.6. The normalized spacial score (nSPS) is 23.1. The van der Waals surface area contributed by atoms with E-state index in [-0.39, 0.29) is 5.91 Å². The smallest absolute Gasteiger partial charge is 0.251 e. The van der Waals surface area contributed by atoms with Crippen LogP contribution in [0.5, 0.6) is 0 Å². The lowest BCUT2D eigenvalue weighted by molar-refractivity contribution is 0.0919. The van der Waals surface area contributed by atoms with Crippen molar-refractivity contribution in [3.05, 3.63) is 29.6 Å². The standard InChI is InChI=1S/C15H23N3O/c1-2-11-4-3-5-13(8-11)18-15(19)12-6-7-17-14(9-12)10-16/h6-7,9,11,13H,2-5,8,10,16H2,1H3,(H,18,19). The average molecular weight is 261 g/mol. The molecule has 104 valence electrons. The van der Waals surface area contributed by atoms with Crippen molar-refractivity contribution in [3.8, 4) is 0 Å². The van der Waals surface area contributed by atoms with E-state index < -0.39 is 0 Å². The Kier molecular flexibility index (Phi) is 4.91. The Bertz CT molecular complexity index is 433. The number of carbonyl (C=O) groups excluding carboxylic acids is 1. The number of hydrogen-bond donors (Lipinski definition) is 2. The minimum atomic E-state index is -0.00106. The van der Waals surface area contributed by atoms with Gasteiger partial charge in [0.1, 0.15) is 0 Å². The first-order valence-electron chi connectivity index (χ1n) is 7.18. The van der Waals surface area contributed by atoms with Crippen molar-refractivity contribution >= 4 is 5.91 Å². The van der Waals surface area contributed by atoms with Gasteiger partial charge in [-0.1, -0.05) is 26.2 Å². The number of carbonyl (C=O) groups is 1. The quantitative estimate of drug-likeness (QED) is 0.873. The molecule has 0 bridgehead atoms. The zero-order valence-corrected chi connectivity index (χ0v) is 11.6. The third kappa shape index (κ3) is 3.77. The van der Waals surface area contributed by atoms with Crippen molar-refractivity contribution < 1.29 is 4.79 Å². The first kappa shape index (κ1) is 14.0. The monoisotopic (exact) mass is 261 g/mol. The maximum Gasteiger partial charge on any atom is 0.251 e. The highest BCUT2D eigenvalue weighted by Gasteiger charge is 2.22. The molecule has 0 radical (unpaired) electrons. The average Bonchev–Trinajstić information content (AvgIpc) is 2.47. The largest absolute Gasteiger partial charge is 0.349 e. The van der Waals surface area contributed by atoms with Crippen molar-refractivity contribution in [2.75, 3.05) is 0 Å². The predicted molar refractivity (Wildman–Crippen MR) is 75.6 cm³/mol. The van der Waals surface area contributed by atoms with Crippen LogP contribution in [0.1, 0.15) is 55.1 Å². The molecule has 0 spiro atoms. The van der Waals surface area contributed by atoms with E-state index in [1.165, 1.54) is 19.3 Å². The van der Waals surface area contributed by atoms with Crippen molar-refractivity contribution in [2.24, 2.45) is 11.7 Å². The molecule has 1 aromatic rings. The Labute approximate surface area is 114 Å². The summed E-state index contributed by atoms with van der Waals surface area (Å²) in [7, 11) is 0. The first-order valence-corrected chi connectivity index (χ1v) is 7.18. The molecule has 0 saturated heterocycles. The van der Waals surface area contributed by atoms with Crippen LogP contribution in [-0.4, -0.2) is 16.9 Å². The Morgan fingerprint density at radius 2 is 2.37 bits per heavy atom. The van der Waals surface area contributed by atoms with E-state index in [4.69, 9.17) is 5.73 Å². The molecule has 0 aromatic carbocycles. The van der Waals surface area contributed by atoms with E-state index >= 15 is 0 Å². The lowest BCUT2D eigenvalue weighted by Crippen LogP contribution is -2.38. The summed E-state index contributed by atoms with van der Waals surface area (Å²) in [6.45, 7) is 2.59. The highest BCUT2D eigenvalue weighted by Crippen LogP contribution is 2.26. The summed E-state index contributed by atoms with van der Waals surface area (Å²) in [6, 6.07) is 3.84. The fraction of sp³-hybridized carbons (Fsp3) is 0.600. The molecule has 1 aliphatic carbocycles. The Morgan fingerprint density at radius 3 is 3.11 bits per heavy atom. The fourth-order valence-electron chi connectivity index (χ4n) is 2.79. The number of rotatable bonds is 4. The summed E-state index contributed by atoms with van der Waals surface area (Å²) in [4.78, 5) is 16.3. The minimum absolute atomic E-state index is 0.00106. The second kappa shape index (κ2) is 6.66. The maximum absolute atomic E-state index is 12.2. The minimum Gasteiger partial charge on any atom is -0.349 e. The highest BCUT2D eigenvalue weighted by molar-refractivity contribution is 5.94. The van der Waals surface area contributed by atoms with Gasteiger partial charge in [-0.15, -0.1) is 0 Å². The summed E-state index contributed by atoms with van der Waals surface area (Å²) in [5.41, 5.74) is 6.96. The van der Waals surface area contributed by atoms with Gasteiger partial charge in [0.2, 0.25) is 0 Å². The summed E-state index contributed by atoms with van der Waals surface area (Å²) in [5, 5.41) is 3.14. The topological polar surface area (TPSA) is 68.0 Å². The van der Waals surface area contributed by atoms with Gasteiger partial charge < -0.3 is 11.1 Å². The molecule has 3 N–H and O–H groups in total. The second-order valence-corrected chi connectivity index (χ2v) is 5.35. The fourth-order valence-corrected chi connectivity index (χ4v) is 2.79. The lowest BCUT2D eigenvalue weighted by Gasteiger charge is -2.29. The third-order valence-electron chi connectivity index (χ3n) is 3.98. The summed E-state index contributed by atoms with van der Waals surface area (Å²) < 4.78 is 0. The number of aromatic nitrogens is 1. The lowest BCUT2D eigenvalue weighted by atomic mass is 9.84. The van der Waals surface area contributed by atoms with Crippen molar-refractivity contribution in [1.29, 1.82) is 0 Å². The third-order valence-corrected chi connectivity index (χ3v) is 3.98. The van der Waals surface area contributed by atoms with Gasteiger partial charge in [0.15, 0.2) is 0 Å². The van der Waals surface area contributed by atoms with Crippen LogP contribution in [-0.2, 0) is 6.54 Å². The molecule has 4 heteroatoms. The van der Waals surface area contributed by atoms with Gasteiger partial charge in [-0.3, -0.25) is 9.78 Å². The summed E-state index contributed by atoms with van der Waals surface area (Å²) in [6.07, 6.45) is 7.57. The molecule has 1 fully saturated rings. The molecule has 4 nitrogen and oxygen atoms in total. The molecule has 1 heterocycles. The van der Waals surface area contributed by atoms with Crippen LogP contribution in [0.2, 0.25) is 0 Å². The van der Waals surface area contributed by atoms with Gasteiger partial charge in [0.25, 0.3) is 5.91 Å². The van der Waals surface area contributed by atoms with E-state index in [1.807, 2.05) is 0 Å². The molecule has 0 aliphatic heterocycles. The molecule has 1 aliphatic rings. The SMILES string of the molecule is CCC1CCCC(NC(=O)c2ccnc(CN)c2)C1. The van der Waals surface area contributed by atoms with Gasteiger partial charge in [0.05, 0.1) is 5.69 Å². The summed E-state index contributed by atoms with van der Waals surface area (Å²) in [5.74, 6) is 0.759. The van der Waals surface area contributed by atoms with E-state index in [0.717, 1.165) is 24.5 Å².